The summed E-state index contributed by atoms with van der Waals surface area (Å²) in [6.45, 7) is 3.87. The van der Waals surface area contributed by atoms with Crippen molar-refractivity contribution >= 4 is 17.4 Å². The Balaban J connectivity index is 2.90. The minimum absolute atomic E-state index is 0.564. The predicted molar refractivity (Wildman–Crippen MR) is 59.0 cm³/mol. The van der Waals surface area contributed by atoms with E-state index in [1.807, 2.05) is 26.2 Å². The summed E-state index contributed by atoms with van der Waals surface area (Å²) < 4.78 is 1.72. The maximum Gasteiger partial charge on any atom is 0.174 e. The largest absolute Gasteiger partial charge is 0.233 e. The highest BCUT2D eigenvalue weighted by molar-refractivity contribution is 7.98. The summed E-state index contributed by atoms with van der Waals surface area (Å²) >= 11 is 1.47. The van der Waals surface area contributed by atoms with Crippen LogP contribution < -0.4 is 0 Å². The molecular formula is C10H10N4S. The molecule has 0 saturated heterocycles. The summed E-state index contributed by atoms with van der Waals surface area (Å²) in [7, 11) is 0. The van der Waals surface area contributed by atoms with E-state index in [4.69, 9.17) is 5.26 Å². The molecule has 2 aromatic rings. The van der Waals surface area contributed by atoms with Crippen LogP contribution in [0.4, 0.5) is 0 Å². The lowest BCUT2D eigenvalue weighted by Gasteiger charge is -1.99. The summed E-state index contributed by atoms with van der Waals surface area (Å²) in [5.41, 5.74) is 3.12. The van der Waals surface area contributed by atoms with E-state index >= 15 is 0 Å². The molecule has 0 atom stereocenters. The van der Waals surface area contributed by atoms with E-state index in [9.17, 15) is 0 Å². The molecule has 2 heterocycles. The van der Waals surface area contributed by atoms with Crippen LogP contribution in [0.15, 0.2) is 11.1 Å². The van der Waals surface area contributed by atoms with Crippen LogP contribution in [0.5, 0.6) is 0 Å². The molecular weight excluding hydrogens is 208 g/mol. The number of nitrogens with zero attached hydrogens (tertiary/aromatic N) is 4. The Hall–Kier alpha value is -1.54. The fourth-order valence-electron chi connectivity index (χ4n) is 1.54. The summed E-state index contributed by atoms with van der Waals surface area (Å²) in [5, 5.41) is 14.1. The van der Waals surface area contributed by atoms with Crippen molar-refractivity contribution in [3.63, 3.8) is 0 Å². The zero-order chi connectivity index (χ0) is 11.0. The molecule has 5 heteroatoms. The predicted octanol–water partition coefficient (Wildman–Crippen LogP) is 1.94. The molecule has 0 N–H and O–H groups in total. The van der Waals surface area contributed by atoms with Gasteiger partial charge in [-0.2, -0.15) is 10.4 Å². The minimum Gasteiger partial charge on any atom is -0.233 e. The van der Waals surface area contributed by atoms with Crippen molar-refractivity contribution in [3.05, 3.63) is 23.0 Å². The van der Waals surface area contributed by atoms with E-state index in [0.717, 1.165) is 16.4 Å². The van der Waals surface area contributed by atoms with Crippen LogP contribution in [-0.2, 0) is 0 Å². The smallest absolute Gasteiger partial charge is 0.174 e. The van der Waals surface area contributed by atoms with Crippen LogP contribution in [-0.4, -0.2) is 20.9 Å². The van der Waals surface area contributed by atoms with Crippen molar-refractivity contribution in [1.29, 1.82) is 5.26 Å². The first kappa shape index (κ1) is 9.99. The van der Waals surface area contributed by atoms with Crippen molar-refractivity contribution in [1.82, 2.24) is 14.6 Å². The average Bonchev–Trinajstić information content (AvgIpc) is 2.55. The molecule has 15 heavy (non-hydrogen) atoms. The van der Waals surface area contributed by atoms with Gasteiger partial charge >= 0.3 is 0 Å². The number of rotatable bonds is 1. The Morgan fingerprint density at radius 1 is 1.47 bits per heavy atom. The number of fused-ring (bicyclic) bond motifs is 1. The second-order valence-electron chi connectivity index (χ2n) is 3.27. The van der Waals surface area contributed by atoms with Crippen LogP contribution >= 0.6 is 11.8 Å². The number of hydrogen-bond donors (Lipinski definition) is 0. The Kier molecular flexibility index (Phi) is 2.37. The zero-order valence-corrected chi connectivity index (χ0v) is 9.59. The highest BCUT2D eigenvalue weighted by Gasteiger charge is 2.14. The summed E-state index contributed by atoms with van der Waals surface area (Å²) in [6.07, 6.45) is 1.91. The Morgan fingerprint density at radius 3 is 2.80 bits per heavy atom. The van der Waals surface area contributed by atoms with Gasteiger partial charge < -0.3 is 0 Å². The highest BCUT2D eigenvalue weighted by atomic mass is 32.2. The van der Waals surface area contributed by atoms with E-state index in [-0.39, 0.29) is 0 Å². The summed E-state index contributed by atoms with van der Waals surface area (Å²) in [6, 6.07) is 4.11. The van der Waals surface area contributed by atoms with Gasteiger partial charge in [0, 0.05) is 11.4 Å². The number of hydrogen-bond acceptors (Lipinski definition) is 4. The molecule has 2 rings (SSSR count). The van der Waals surface area contributed by atoms with Gasteiger partial charge in [-0.15, -0.1) is 11.8 Å². The van der Waals surface area contributed by atoms with E-state index in [1.54, 1.807) is 4.52 Å². The second kappa shape index (κ2) is 3.55. The molecule has 0 radical (unpaired) electrons. The minimum atomic E-state index is 0.564. The molecule has 0 amide bonds. The Labute approximate surface area is 91.9 Å². The lowest BCUT2D eigenvalue weighted by Crippen LogP contribution is -1.97. The standard InChI is InChI=1S/C10H10N4S/c1-6-4-7(2)14-9(12-6)8(5-11)10(13-14)15-3/h4H,1-3H3. The Bertz CT molecular complexity index is 565. The third kappa shape index (κ3) is 1.47. The molecule has 0 unspecified atom stereocenters. The average molecular weight is 218 g/mol. The molecule has 0 aliphatic carbocycles. The van der Waals surface area contributed by atoms with E-state index in [2.05, 4.69) is 16.2 Å². The molecule has 0 saturated carbocycles. The van der Waals surface area contributed by atoms with Gasteiger partial charge in [-0.05, 0) is 26.2 Å². The third-order valence-corrected chi connectivity index (χ3v) is 2.84. The zero-order valence-electron chi connectivity index (χ0n) is 8.77. The van der Waals surface area contributed by atoms with Crippen LogP contribution in [0.2, 0.25) is 0 Å². The van der Waals surface area contributed by atoms with E-state index in [1.165, 1.54) is 11.8 Å². The summed E-state index contributed by atoms with van der Waals surface area (Å²) in [4.78, 5) is 4.34. The van der Waals surface area contributed by atoms with Crippen molar-refractivity contribution in [3.8, 4) is 6.07 Å². The molecule has 0 aliphatic rings. The fraction of sp³-hybridized carbons (Fsp3) is 0.300. The number of aromatic nitrogens is 3. The van der Waals surface area contributed by atoms with Gasteiger partial charge in [0.15, 0.2) is 5.65 Å². The fourth-order valence-corrected chi connectivity index (χ4v) is 2.05. The quantitative estimate of drug-likeness (QED) is 0.686. The van der Waals surface area contributed by atoms with Crippen LogP contribution in [0.3, 0.4) is 0 Å². The van der Waals surface area contributed by atoms with Gasteiger partial charge in [0.2, 0.25) is 0 Å². The van der Waals surface area contributed by atoms with Gasteiger partial charge in [0.25, 0.3) is 0 Å². The van der Waals surface area contributed by atoms with E-state index < -0.39 is 0 Å². The van der Waals surface area contributed by atoms with Crippen LogP contribution in [0, 0.1) is 25.2 Å². The Morgan fingerprint density at radius 2 is 2.20 bits per heavy atom. The molecule has 0 bridgehead atoms. The van der Waals surface area contributed by atoms with Gasteiger partial charge in [-0.25, -0.2) is 9.50 Å². The van der Waals surface area contributed by atoms with Gasteiger partial charge in [-0.3, -0.25) is 0 Å². The lowest BCUT2D eigenvalue weighted by atomic mass is 10.3. The van der Waals surface area contributed by atoms with Crippen LogP contribution in [0.25, 0.3) is 5.65 Å². The third-order valence-electron chi connectivity index (χ3n) is 2.17. The second-order valence-corrected chi connectivity index (χ2v) is 4.07. The maximum absolute atomic E-state index is 9.06. The highest BCUT2D eigenvalue weighted by Crippen LogP contribution is 2.22. The van der Waals surface area contributed by atoms with Crippen molar-refractivity contribution in [2.75, 3.05) is 6.26 Å². The SMILES string of the molecule is CSc1nn2c(C)cc(C)nc2c1C#N. The number of aryl methyl sites for hydroxylation is 2. The first-order valence-electron chi connectivity index (χ1n) is 4.48. The first-order chi connectivity index (χ1) is 7.17. The molecule has 2 aromatic heterocycles. The lowest BCUT2D eigenvalue weighted by molar-refractivity contribution is 0.847. The molecule has 0 spiro atoms. The normalized spacial score (nSPS) is 10.5. The van der Waals surface area contributed by atoms with Gasteiger partial charge in [0.1, 0.15) is 16.7 Å². The number of thioether (sulfide) groups is 1. The molecule has 0 fully saturated rings. The molecule has 0 aliphatic heterocycles. The topological polar surface area (TPSA) is 54.0 Å². The van der Waals surface area contributed by atoms with E-state index in [0.29, 0.717) is 11.2 Å². The van der Waals surface area contributed by atoms with Crippen LogP contribution in [0.1, 0.15) is 17.0 Å². The van der Waals surface area contributed by atoms with Crippen molar-refractivity contribution in [2.45, 2.75) is 18.9 Å². The van der Waals surface area contributed by atoms with Gasteiger partial charge in [0.05, 0.1) is 0 Å². The van der Waals surface area contributed by atoms with Crippen molar-refractivity contribution in [2.24, 2.45) is 0 Å². The maximum atomic E-state index is 9.06. The van der Waals surface area contributed by atoms with Gasteiger partial charge in [-0.1, -0.05) is 0 Å². The number of nitriles is 1. The monoisotopic (exact) mass is 218 g/mol. The molecule has 4 nitrogen and oxygen atoms in total. The summed E-state index contributed by atoms with van der Waals surface area (Å²) in [5.74, 6) is 0. The first-order valence-corrected chi connectivity index (χ1v) is 5.71. The molecule has 0 aromatic carbocycles. The molecule has 76 valence electrons. The van der Waals surface area contributed by atoms with Crippen molar-refractivity contribution < 1.29 is 0 Å².